The van der Waals surface area contributed by atoms with E-state index >= 15 is 0 Å². The summed E-state index contributed by atoms with van der Waals surface area (Å²) in [5, 5.41) is 0.617. The summed E-state index contributed by atoms with van der Waals surface area (Å²) in [5.74, 6) is 1.52. The van der Waals surface area contributed by atoms with Gasteiger partial charge in [0.1, 0.15) is 0 Å². The standard InChI is InChI=1S/C10H11BrClNO/c11-9-5-8(12)6-13-10(9)14-4-3-7-1-2-7/h5-7H,1-4H2. The van der Waals surface area contributed by atoms with E-state index in [0.29, 0.717) is 10.9 Å². The monoisotopic (exact) mass is 275 g/mol. The molecule has 0 bridgehead atoms. The quantitative estimate of drug-likeness (QED) is 0.837. The number of nitrogens with zero attached hydrogens (tertiary/aromatic N) is 1. The van der Waals surface area contributed by atoms with Crippen molar-refractivity contribution in [2.24, 2.45) is 5.92 Å². The first-order valence-electron chi connectivity index (χ1n) is 4.69. The minimum atomic E-state index is 0.617. The summed E-state index contributed by atoms with van der Waals surface area (Å²) in [7, 11) is 0. The summed E-state index contributed by atoms with van der Waals surface area (Å²) in [6.45, 7) is 0.748. The fourth-order valence-electron chi connectivity index (χ4n) is 1.24. The molecule has 2 nitrogen and oxygen atoms in total. The molecule has 1 saturated carbocycles. The van der Waals surface area contributed by atoms with Crippen LogP contribution >= 0.6 is 27.5 Å². The molecular weight excluding hydrogens is 265 g/mol. The molecule has 76 valence electrons. The van der Waals surface area contributed by atoms with Crippen molar-refractivity contribution in [3.05, 3.63) is 21.8 Å². The first kappa shape index (κ1) is 10.2. The summed E-state index contributed by atoms with van der Waals surface area (Å²) in [6, 6.07) is 1.79. The zero-order chi connectivity index (χ0) is 9.97. The highest BCUT2D eigenvalue weighted by Crippen LogP contribution is 2.32. The summed E-state index contributed by atoms with van der Waals surface area (Å²) < 4.78 is 6.35. The second-order valence-corrected chi connectivity index (χ2v) is 4.81. The predicted octanol–water partition coefficient (Wildman–Crippen LogP) is 3.68. The van der Waals surface area contributed by atoms with E-state index < -0.39 is 0 Å². The normalized spacial score (nSPS) is 15.6. The van der Waals surface area contributed by atoms with Crippen LogP contribution in [0.5, 0.6) is 5.88 Å². The molecule has 1 aromatic heterocycles. The summed E-state index contributed by atoms with van der Waals surface area (Å²) in [5.41, 5.74) is 0. The smallest absolute Gasteiger partial charge is 0.228 e. The first-order valence-corrected chi connectivity index (χ1v) is 5.86. The van der Waals surface area contributed by atoms with E-state index in [1.165, 1.54) is 12.8 Å². The lowest BCUT2D eigenvalue weighted by Gasteiger charge is -2.06. The first-order chi connectivity index (χ1) is 6.75. The van der Waals surface area contributed by atoms with Crippen LogP contribution in [-0.2, 0) is 0 Å². The number of halogens is 2. The third-order valence-electron chi connectivity index (χ3n) is 2.24. The topological polar surface area (TPSA) is 22.1 Å². The molecule has 0 spiro atoms. The van der Waals surface area contributed by atoms with Crippen LogP contribution in [0.4, 0.5) is 0 Å². The van der Waals surface area contributed by atoms with Gasteiger partial charge in [0.05, 0.1) is 16.1 Å². The van der Waals surface area contributed by atoms with E-state index in [2.05, 4.69) is 20.9 Å². The Morgan fingerprint density at radius 3 is 3.00 bits per heavy atom. The lowest BCUT2D eigenvalue weighted by molar-refractivity contribution is 0.289. The van der Waals surface area contributed by atoms with Gasteiger partial charge >= 0.3 is 0 Å². The van der Waals surface area contributed by atoms with Crippen LogP contribution in [0.2, 0.25) is 5.02 Å². The maximum absolute atomic E-state index is 5.76. The van der Waals surface area contributed by atoms with E-state index in [9.17, 15) is 0 Å². The highest BCUT2D eigenvalue weighted by atomic mass is 79.9. The van der Waals surface area contributed by atoms with Crippen LogP contribution in [0, 0.1) is 5.92 Å². The molecule has 0 amide bonds. The molecule has 0 atom stereocenters. The molecule has 2 rings (SSSR count). The van der Waals surface area contributed by atoms with Crippen molar-refractivity contribution in [1.29, 1.82) is 0 Å². The lowest BCUT2D eigenvalue weighted by atomic mass is 10.3. The SMILES string of the molecule is Clc1cnc(OCCC2CC2)c(Br)c1. The molecule has 0 N–H and O–H groups in total. The Labute approximate surface area is 96.8 Å². The molecule has 1 aliphatic rings. The Bertz CT molecular complexity index is 328. The van der Waals surface area contributed by atoms with Crippen LogP contribution in [0.1, 0.15) is 19.3 Å². The Morgan fingerprint density at radius 1 is 1.57 bits per heavy atom. The molecule has 1 fully saturated rings. The zero-order valence-corrected chi connectivity index (χ0v) is 10.0. The maximum Gasteiger partial charge on any atom is 0.228 e. The minimum Gasteiger partial charge on any atom is -0.477 e. The summed E-state index contributed by atoms with van der Waals surface area (Å²) >= 11 is 9.12. The van der Waals surface area contributed by atoms with Crippen LogP contribution in [-0.4, -0.2) is 11.6 Å². The summed E-state index contributed by atoms with van der Waals surface area (Å²) in [6.07, 6.45) is 5.45. The number of ether oxygens (including phenoxy) is 1. The highest BCUT2D eigenvalue weighted by molar-refractivity contribution is 9.10. The largest absolute Gasteiger partial charge is 0.477 e. The molecule has 14 heavy (non-hydrogen) atoms. The molecule has 0 aliphatic heterocycles. The molecule has 1 aliphatic carbocycles. The lowest BCUT2D eigenvalue weighted by Crippen LogP contribution is -2.00. The van der Waals surface area contributed by atoms with E-state index in [1.54, 1.807) is 12.3 Å². The Morgan fingerprint density at radius 2 is 2.36 bits per heavy atom. The van der Waals surface area contributed by atoms with Gasteiger partial charge in [-0.2, -0.15) is 0 Å². The van der Waals surface area contributed by atoms with Crippen molar-refractivity contribution in [2.75, 3.05) is 6.61 Å². The van der Waals surface area contributed by atoms with Gasteiger partial charge in [-0.25, -0.2) is 4.98 Å². The fourth-order valence-corrected chi connectivity index (χ4v) is 1.99. The van der Waals surface area contributed by atoms with Gasteiger partial charge < -0.3 is 4.74 Å². The van der Waals surface area contributed by atoms with Crippen molar-refractivity contribution in [2.45, 2.75) is 19.3 Å². The van der Waals surface area contributed by atoms with Gasteiger partial charge in [0.25, 0.3) is 0 Å². The number of aromatic nitrogens is 1. The summed E-state index contributed by atoms with van der Waals surface area (Å²) in [4.78, 5) is 4.09. The second-order valence-electron chi connectivity index (χ2n) is 3.52. The third kappa shape index (κ3) is 2.85. The van der Waals surface area contributed by atoms with Gasteiger partial charge in [-0.1, -0.05) is 24.4 Å². The van der Waals surface area contributed by atoms with Crippen LogP contribution in [0.25, 0.3) is 0 Å². The number of hydrogen-bond acceptors (Lipinski definition) is 2. The number of pyridine rings is 1. The van der Waals surface area contributed by atoms with Gasteiger partial charge in [0.2, 0.25) is 5.88 Å². The van der Waals surface area contributed by atoms with Crippen LogP contribution in [0.15, 0.2) is 16.7 Å². The van der Waals surface area contributed by atoms with Gasteiger partial charge in [-0.05, 0) is 34.3 Å². The third-order valence-corrected chi connectivity index (χ3v) is 3.01. The maximum atomic E-state index is 5.76. The van der Waals surface area contributed by atoms with Gasteiger partial charge in [0.15, 0.2) is 0 Å². The highest BCUT2D eigenvalue weighted by Gasteiger charge is 2.20. The molecule has 4 heteroatoms. The van der Waals surface area contributed by atoms with Crippen LogP contribution in [0.3, 0.4) is 0 Å². The van der Waals surface area contributed by atoms with Crippen LogP contribution < -0.4 is 4.74 Å². The van der Waals surface area contributed by atoms with E-state index in [-0.39, 0.29) is 0 Å². The molecule has 0 radical (unpaired) electrons. The average molecular weight is 277 g/mol. The zero-order valence-electron chi connectivity index (χ0n) is 7.67. The van der Waals surface area contributed by atoms with E-state index in [1.807, 2.05) is 0 Å². The van der Waals surface area contributed by atoms with Crippen molar-refractivity contribution in [1.82, 2.24) is 4.98 Å². The Balaban J connectivity index is 1.87. The molecule has 1 aromatic rings. The van der Waals surface area contributed by atoms with Crippen molar-refractivity contribution < 1.29 is 4.74 Å². The van der Waals surface area contributed by atoms with E-state index in [4.69, 9.17) is 16.3 Å². The number of rotatable bonds is 4. The fraction of sp³-hybridized carbons (Fsp3) is 0.500. The molecule has 0 aromatic carbocycles. The molecule has 0 saturated heterocycles. The van der Waals surface area contributed by atoms with Crippen molar-refractivity contribution in [3.63, 3.8) is 0 Å². The molecule has 0 unspecified atom stereocenters. The Kier molecular flexibility index (Phi) is 3.29. The molecule has 1 heterocycles. The van der Waals surface area contributed by atoms with Gasteiger partial charge in [-0.3, -0.25) is 0 Å². The molecular formula is C10H11BrClNO. The average Bonchev–Trinajstić information content (AvgIpc) is 2.92. The number of hydrogen-bond donors (Lipinski definition) is 0. The minimum absolute atomic E-state index is 0.617. The Hall–Kier alpha value is -0.280. The van der Waals surface area contributed by atoms with E-state index in [0.717, 1.165) is 23.4 Å². The second kappa shape index (κ2) is 4.49. The van der Waals surface area contributed by atoms with Crippen molar-refractivity contribution >= 4 is 27.5 Å². The van der Waals surface area contributed by atoms with Gasteiger partial charge in [-0.15, -0.1) is 0 Å². The predicted molar refractivity (Wildman–Crippen MR) is 59.8 cm³/mol. The van der Waals surface area contributed by atoms with Crippen molar-refractivity contribution in [3.8, 4) is 5.88 Å². The van der Waals surface area contributed by atoms with Gasteiger partial charge in [0, 0.05) is 6.20 Å².